The molecule has 6 heterocycles. The molecule has 0 amide bonds. The van der Waals surface area contributed by atoms with Gasteiger partial charge in [-0.25, -0.2) is 0 Å². The van der Waals surface area contributed by atoms with Gasteiger partial charge in [0.1, 0.15) is 0 Å². The Morgan fingerprint density at radius 2 is 0.738 bits per heavy atom. The van der Waals surface area contributed by atoms with E-state index in [1.165, 1.54) is 18.3 Å². The van der Waals surface area contributed by atoms with Crippen LogP contribution in [0.3, 0.4) is 0 Å². The fourth-order valence-electron chi connectivity index (χ4n) is 3.27. The van der Waals surface area contributed by atoms with Crippen LogP contribution in [0, 0.1) is 0 Å². The second kappa shape index (κ2) is 19.6. The van der Waals surface area contributed by atoms with Gasteiger partial charge >= 0.3 is 0 Å². The van der Waals surface area contributed by atoms with Crippen molar-refractivity contribution in [1.29, 1.82) is 0 Å². The molecular weight excluding hydrogens is 660 g/mol. The van der Waals surface area contributed by atoms with Gasteiger partial charge < -0.3 is 22.3 Å². The topological polar surface area (TPSA) is 117 Å². The number of rotatable bonds is 4. The van der Waals surface area contributed by atoms with E-state index in [9.17, 15) is 9.90 Å². The van der Waals surface area contributed by atoms with Crippen LogP contribution in [0.1, 0.15) is 10.4 Å². The summed E-state index contributed by atoms with van der Waals surface area (Å²) in [5, 5.41) is 10.6. The van der Waals surface area contributed by atoms with E-state index in [4.69, 9.17) is 0 Å². The van der Waals surface area contributed by atoms with Crippen molar-refractivity contribution in [2.45, 2.75) is 0 Å². The van der Waals surface area contributed by atoms with Crippen LogP contribution in [-0.2, 0) is 19.5 Å². The van der Waals surface area contributed by atoms with Crippen LogP contribution in [0.5, 0.6) is 0 Å². The Bertz CT molecular complexity index is 1420. The molecule has 0 fully saturated rings. The normalized spacial score (nSPS) is 9.05. The number of carbonyl (C=O) groups excluding carboxylic acids is 1. The van der Waals surface area contributed by atoms with Crippen LogP contribution in [0.15, 0.2) is 140 Å². The number of carbonyl (C=O) groups is 1. The van der Waals surface area contributed by atoms with Crippen LogP contribution in [-0.4, -0.2) is 35.9 Å². The van der Waals surface area contributed by atoms with Gasteiger partial charge in [0.2, 0.25) is 0 Å². The first-order valence-corrected chi connectivity index (χ1v) is 11.9. The first-order chi connectivity index (χ1) is 19.2. The largest absolute Gasteiger partial charge is 1.00 e. The van der Waals surface area contributed by atoms with Crippen molar-refractivity contribution in [3.63, 3.8) is 0 Å². The standard InChI is InChI=1S/C11H8N2O2.2C10H8N2.2ClH.Ru/c14-11(15)8-4-6-13-10(7-8)9-3-1-2-5-12-9;2*1-3-7-11-9(5-1)10-6-2-4-8-12-10;;;/h1-7H,(H,14,15);2*1-8H;2*1H;/p-2. The Morgan fingerprint density at radius 3 is 1.00 bits per heavy atom. The minimum absolute atomic E-state index is 0. The molecule has 0 aliphatic heterocycles. The molecule has 0 aliphatic carbocycles. The van der Waals surface area contributed by atoms with Gasteiger partial charge in [-0.15, -0.1) is 12.4 Å². The van der Waals surface area contributed by atoms with Crippen molar-refractivity contribution < 1.29 is 41.8 Å². The first-order valence-electron chi connectivity index (χ1n) is 11.9. The summed E-state index contributed by atoms with van der Waals surface area (Å²) in [5.41, 5.74) is 4.93. The number of carboxylic acids is 1. The first kappa shape index (κ1) is 35.6. The predicted molar refractivity (Wildman–Crippen MR) is 154 cm³/mol. The molecule has 0 saturated heterocycles. The van der Waals surface area contributed by atoms with Crippen LogP contribution >= 0.6 is 12.4 Å². The molecule has 0 saturated carbocycles. The van der Waals surface area contributed by atoms with Gasteiger partial charge in [-0.2, -0.15) is 0 Å². The minimum atomic E-state index is -1.21. The van der Waals surface area contributed by atoms with E-state index in [1.807, 2.05) is 78.9 Å². The molecule has 42 heavy (non-hydrogen) atoms. The zero-order valence-corrected chi connectivity index (χ0v) is 25.2. The summed E-state index contributed by atoms with van der Waals surface area (Å²) >= 11 is 0. The fourth-order valence-corrected chi connectivity index (χ4v) is 3.27. The van der Waals surface area contributed by atoms with Gasteiger partial charge in [0.05, 0.1) is 40.1 Å². The number of halogens is 2. The molecule has 6 aromatic heterocycles. The van der Waals surface area contributed by atoms with E-state index in [0.717, 1.165) is 22.8 Å². The summed E-state index contributed by atoms with van der Waals surface area (Å²) in [4.78, 5) is 35.5. The minimum Gasteiger partial charge on any atom is -1.00 e. The quantitative estimate of drug-likeness (QED) is 0.260. The third-order valence-corrected chi connectivity index (χ3v) is 5.11. The predicted octanol–water partition coefficient (Wildman–Crippen LogP) is 2.22. The number of hydrogen-bond donors (Lipinski definition) is 0. The molecule has 0 bridgehead atoms. The van der Waals surface area contributed by atoms with E-state index < -0.39 is 5.97 Å². The van der Waals surface area contributed by atoms with Crippen LogP contribution in [0.25, 0.3) is 34.2 Å². The summed E-state index contributed by atoms with van der Waals surface area (Å²) in [5.74, 6) is -1.21. The number of nitrogens with zero attached hydrogens (tertiary/aromatic N) is 6. The molecule has 6 rings (SSSR count). The molecule has 0 aromatic carbocycles. The summed E-state index contributed by atoms with van der Waals surface area (Å²) in [6.07, 6.45) is 10.1. The zero-order valence-electron chi connectivity index (χ0n) is 21.9. The molecule has 0 unspecified atom stereocenters. The van der Waals surface area contributed by atoms with Gasteiger partial charge in [-0.3, -0.25) is 29.9 Å². The van der Waals surface area contributed by atoms with Gasteiger partial charge in [-0.1, -0.05) is 30.3 Å². The molecule has 6 aromatic rings. The summed E-state index contributed by atoms with van der Waals surface area (Å²) in [6, 6.07) is 31.4. The van der Waals surface area contributed by atoms with E-state index in [0.29, 0.717) is 11.4 Å². The molecular formula is C31H24Cl2N6O2Ru-2. The fraction of sp³-hybridized carbons (Fsp3) is 0. The van der Waals surface area contributed by atoms with Crippen LogP contribution in [0.4, 0.5) is 0 Å². The monoisotopic (exact) mass is 684 g/mol. The van der Waals surface area contributed by atoms with Gasteiger partial charge in [0.25, 0.3) is 0 Å². The average molecular weight is 685 g/mol. The van der Waals surface area contributed by atoms with E-state index in [2.05, 4.69) is 29.9 Å². The number of aromatic carboxylic acids is 1. The van der Waals surface area contributed by atoms with Crippen molar-refractivity contribution in [2.75, 3.05) is 0 Å². The second-order valence-electron chi connectivity index (χ2n) is 7.79. The Labute approximate surface area is 269 Å². The molecule has 0 N–H and O–H groups in total. The van der Waals surface area contributed by atoms with Crippen molar-refractivity contribution >= 4 is 18.4 Å². The Kier molecular flexibility index (Phi) is 16.6. The van der Waals surface area contributed by atoms with E-state index >= 15 is 0 Å². The van der Waals surface area contributed by atoms with Crippen LogP contribution < -0.4 is 17.5 Å². The van der Waals surface area contributed by atoms with Crippen LogP contribution in [0.2, 0.25) is 0 Å². The number of hydrogen-bond acceptors (Lipinski definition) is 8. The summed E-state index contributed by atoms with van der Waals surface area (Å²) in [6.45, 7) is 0. The Hall–Kier alpha value is -4.43. The molecule has 8 nitrogen and oxygen atoms in total. The third-order valence-electron chi connectivity index (χ3n) is 5.11. The Balaban J connectivity index is 0.000000306. The number of carboxylic acid groups (broad SMARTS) is 1. The molecule has 0 radical (unpaired) electrons. The maximum absolute atomic E-state index is 10.6. The summed E-state index contributed by atoms with van der Waals surface area (Å²) < 4.78 is 0. The number of aromatic nitrogens is 6. The molecule has 0 atom stereocenters. The second-order valence-corrected chi connectivity index (χ2v) is 7.79. The number of pyridine rings is 6. The third kappa shape index (κ3) is 11.2. The van der Waals surface area contributed by atoms with Gasteiger partial charge in [0, 0.05) is 62.2 Å². The van der Waals surface area contributed by atoms with Crippen molar-refractivity contribution in [3.8, 4) is 34.2 Å². The average Bonchev–Trinajstić information content (AvgIpc) is 3.04. The van der Waals surface area contributed by atoms with Crippen molar-refractivity contribution in [2.24, 2.45) is 0 Å². The van der Waals surface area contributed by atoms with Crippen molar-refractivity contribution in [3.05, 3.63) is 146 Å². The van der Waals surface area contributed by atoms with Crippen molar-refractivity contribution in [1.82, 2.24) is 29.9 Å². The maximum Gasteiger partial charge on any atom is 0.0892 e. The van der Waals surface area contributed by atoms with Gasteiger partial charge in [-0.05, 0) is 72.8 Å². The summed E-state index contributed by atoms with van der Waals surface area (Å²) in [7, 11) is 0. The SMILES string of the molecule is Cl.O=C([O-])c1ccnc(-c2ccccn2)c1.[Cl-].[Ru].c1ccc(-c2ccccn2)nc1.c1ccc(-c2ccccn2)nc1. The van der Waals surface area contributed by atoms with E-state index in [-0.39, 0.29) is 49.9 Å². The molecule has 214 valence electrons. The molecule has 0 aliphatic rings. The zero-order chi connectivity index (χ0) is 27.1. The Morgan fingerprint density at radius 1 is 0.452 bits per heavy atom. The smallest absolute Gasteiger partial charge is 0.0892 e. The van der Waals surface area contributed by atoms with Gasteiger partial charge in [0.15, 0.2) is 0 Å². The molecule has 11 heteroatoms. The van der Waals surface area contributed by atoms with E-state index in [1.54, 1.807) is 43.1 Å². The molecule has 0 spiro atoms. The maximum atomic E-state index is 10.6.